The molecule has 0 unspecified atom stereocenters. The number of anilines is 1. The standard InChI is InChI=1S/C9H12F2N3O6P.2Na/c10-9(11)6(15)4(3-21(17,18)19)20-7(9)14-2-1-5(12)13-8(14)16;;/h1-2,4,6-7,15H,3H2,(H2,12,13,16)(H2,17,18,19);;/q;2*+1/p-2/t4-,6-,7-;;/m1../s1. The first kappa shape index (κ1) is 23.6. The fourth-order valence-electron chi connectivity index (χ4n) is 1.94. The van der Waals surface area contributed by atoms with Crippen LogP contribution in [-0.4, -0.2) is 38.9 Å². The second-order valence-electron chi connectivity index (χ2n) is 4.48. The SMILES string of the molecule is Nc1ccn([C@@H]2O[C@H](CP(=O)([O-])[O-])[C@@H](O)C2(F)F)c(=O)n1.[Na+].[Na+]. The first-order chi connectivity index (χ1) is 9.52. The van der Waals surface area contributed by atoms with E-state index in [1.165, 1.54) is 0 Å². The van der Waals surface area contributed by atoms with E-state index in [0.717, 1.165) is 12.3 Å². The Balaban J connectivity index is 0.00000242. The Morgan fingerprint density at radius 3 is 2.52 bits per heavy atom. The molecule has 0 saturated carbocycles. The fourth-order valence-corrected chi connectivity index (χ4v) is 2.67. The molecule has 118 valence electrons. The minimum atomic E-state index is -5.19. The van der Waals surface area contributed by atoms with Crippen molar-refractivity contribution >= 4 is 13.4 Å². The summed E-state index contributed by atoms with van der Waals surface area (Å²) in [5.41, 5.74) is 4.04. The summed E-state index contributed by atoms with van der Waals surface area (Å²) in [6, 6.07) is 1.05. The summed E-state index contributed by atoms with van der Waals surface area (Å²) in [5, 5.41) is 9.42. The van der Waals surface area contributed by atoms with Gasteiger partial charge in [0, 0.05) is 12.4 Å². The van der Waals surface area contributed by atoms with Gasteiger partial charge in [0.25, 0.3) is 0 Å². The molecule has 0 spiro atoms. The van der Waals surface area contributed by atoms with Crippen molar-refractivity contribution < 1.29 is 92.1 Å². The van der Waals surface area contributed by atoms with Gasteiger partial charge in [-0.15, -0.1) is 0 Å². The molecule has 1 aliphatic heterocycles. The molecule has 14 heteroatoms. The molecule has 0 radical (unpaired) electrons. The largest absolute Gasteiger partial charge is 1.00 e. The van der Waals surface area contributed by atoms with Gasteiger partial charge in [-0.05, 0) is 6.07 Å². The molecule has 23 heavy (non-hydrogen) atoms. The van der Waals surface area contributed by atoms with E-state index in [0.29, 0.717) is 4.57 Å². The second-order valence-corrected chi connectivity index (χ2v) is 6.07. The van der Waals surface area contributed by atoms with Gasteiger partial charge in [0.1, 0.15) is 11.9 Å². The Hall–Kier alpha value is 0.610. The molecule has 1 saturated heterocycles. The zero-order valence-corrected chi connectivity index (χ0v) is 17.2. The van der Waals surface area contributed by atoms with Gasteiger partial charge in [0.05, 0.1) is 6.10 Å². The van der Waals surface area contributed by atoms with Gasteiger partial charge in [-0.1, -0.05) is 7.60 Å². The summed E-state index contributed by atoms with van der Waals surface area (Å²) in [4.78, 5) is 36.0. The van der Waals surface area contributed by atoms with Crippen LogP contribution in [-0.2, 0) is 9.30 Å². The molecule has 1 aromatic heterocycles. The second kappa shape index (κ2) is 8.33. The van der Waals surface area contributed by atoms with Crippen LogP contribution in [0, 0.1) is 0 Å². The van der Waals surface area contributed by atoms with Gasteiger partial charge in [-0.25, -0.2) is 4.79 Å². The zero-order valence-electron chi connectivity index (χ0n) is 12.3. The predicted octanol–water partition coefficient (Wildman–Crippen LogP) is -8.36. The van der Waals surface area contributed by atoms with Crippen LogP contribution in [0.15, 0.2) is 17.1 Å². The van der Waals surface area contributed by atoms with E-state index in [1.54, 1.807) is 0 Å². The molecule has 3 N–H and O–H groups in total. The van der Waals surface area contributed by atoms with Crippen molar-refractivity contribution in [1.82, 2.24) is 9.55 Å². The van der Waals surface area contributed by atoms with Crippen molar-refractivity contribution in [3.63, 3.8) is 0 Å². The zero-order chi connectivity index (χ0) is 16.0. The molecule has 1 aromatic rings. The summed E-state index contributed by atoms with van der Waals surface area (Å²) >= 11 is 0. The molecule has 2 rings (SSSR count). The number of aliphatic hydroxyl groups is 1. The van der Waals surface area contributed by atoms with Crippen molar-refractivity contribution in [3.05, 3.63) is 22.7 Å². The van der Waals surface area contributed by atoms with Crippen LogP contribution in [0.3, 0.4) is 0 Å². The Labute approximate surface area is 173 Å². The number of aliphatic hydroxyl groups excluding tert-OH is 1. The van der Waals surface area contributed by atoms with Crippen molar-refractivity contribution in [2.24, 2.45) is 0 Å². The maximum atomic E-state index is 13.9. The average molecular weight is 371 g/mol. The van der Waals surface area contributed by atoms with Gasteiger partial charge < -0.3 is 29.9 Å². The van der Waals surface area contributed by atoms with E-state index in [2.05, 4.69) is 9.72 Å². The van der Waals surface area contributed by atoms with Crippen LogP contribution in [0.5, 0.6) is 0 Å². The third kappa shape index (κ3) is 5.29. The van der Waals surface area contributed by atoms with Crippen molar-refractivity contribution in [3.8, 4) is 0 Å². The monoisotopic (exact) mass is 371 g/mol. The number of ether oxygens (including phenoxy) is 1. The number of hydrogen-bond donors (Lipinski definition) is 2. The summed E-state index contributed by atoms with van der Waals surface area (Å²) in [6.07, 6.45) is -7.24. The third-order valence-corrected chi connectivity index (χ3v) is 3.69. The first-order valence-corrected chi connectivity index (χ1v) is 7.32. The number of hydrogen-bond acceptors (Lipinski definition) is 8. The summed E-state index contributed by atoms with van der Waals surface area (Å²) in [7, 11) is -5.19. The summed E-state index contributed by atoms with van der Waals surface area (Å²) in [5.74, 6) is -4.19. The predicted molar refractivity (Wildman–Crippen MR) is 60.2 cm³/mol. The maximum Gasteiger partial charge on any atom is 1.00 e. The minimum absolute atomic E-state index is 0. The number of alkyl halides is 2. The summed E-state index contributed by atoms with van der Waals surface area (Å²) < 4.78 is 43.5. The van der Waals surface area contributed by atoms with Crippen LogP contribution in [0.1, 0.15) is 6.23 Å². The molecule has 1 aliphatic rings. The minimum Gasteiger partial charge on any atom is -0.811 e. The van der Waals surface area contributed by atoms with Crippen molar-refractivity contribution in [2.45, 2.75) is 24.4 Å². The maximum absolute atomic E-state index is 13.9. The van der Waals surface area contributed by atoms with Crippen molar-refractivity contribution in [1.29, 1.82) is 0 Å². The number of rotatable bonds is 3. The molecule has 2 heterocycles. The molecule has 9 nitrogen and oxygen atoms in total. The van der Waals surface area contributed by atoms with E-state index in [9.17, 15) is 33.0 Å². The van der Waals surface area contributed by atoms with Crippen LogP contribution in [0.25, 0.3) is 0 Å². The Morgan fingerprint density at radius 1 is 1.48 bits per heavy atom. The van der Waals surface area contributed by atoms with Gasteiger partial charge in [-0.2, -0.15) is 13.8 Å². The molecule has 1 fully saturated rings. The number of nitrogens with two attached hydrogens (primary N) is 1. The normalized spacial score (nSPS) is 26.2. The van der Waals surface area contributed by atoms with Gasteiger partial charge >= 0.3 is 70.7 Å². The molecule has 0 aliphatic carbocycles. The van der Waals surface area contributed by atoms with Crippen LogP contribution < -0.4 is 80.3 Å². The van der Waals surface area contributed by atoms with E-state index in [-0.39, 0.29) is 64.9 Å². The number of aromatic nitrogens is 2. The van der Waals surface area contributed by atoms with Crippen LogP contribution in [0.2, 0.25) is 0 Å². The van der Waals surface area contributed by atoms with Gasteiger partial charge in [0.15, 0.2) is 0 Å². The Bertz CT molecular complexity index is 656. The number of nitrogen functional groups attached to an aromatic ring is 1. The first-order valence-electron chi connectivity index (χ1n) is 5.59. The van der Waals surface area contributed by atoms with Gasteiger partial charge in [0.2, 0.25) is 6.23 Å². The van der Waals surface area contributed by atoms with E-state index in [1.807, 2.05) is 0 Å². The van der Waals surface area contributed by atoms with Crippen LogP contribution in [0.4, 0.5) is 14.6 Å². The smallest absolute Gasteiger partial charge is 0.811 e. The Kier molecular flexibility index (Phi) is 8.55. The van der Waals surface area contributed by atoms with Gasteiger partial charge in [-0.3, -0.25) is 4.57 Å². The van der Waals surface area contributed by atoms with E-state index in [4.69, 9.17) is 5.73 Å². The third-order valence-electron chi connectivity index (χ3n) is 2.89. The number of nitrogens with zero attached hydrogens (tertiary/aromatic N) is 2. The quantitative estimate of drug-likeness (QED) is 0.392. The van der Waals surface area contributed by atoms with Crippen molar-refractivity contribution in [2.75, 3.05) is 11.9 Å². The van der Waals surface area contributed by atoms with E-state index < -0.39 is 43.8 Å². The summed E-state index contributed by atoms with van der Waals surface area (Å²) in [6.45, 7) is 0. The number of halogens is 2. The molecular formula is C9H10F2N3Na2O6P. The topological polar surface area (TPSA) is 154 Å². The van der Waals surface area contributed by atoms with E-state index >= 15 is 0 Å². The molecular weight excluding hydrogens is 361 g/mol. The molecule has 3 atom stereocenters. The molecule has 0 aromatic carbocycles. The molecule has 0 amide bonds. The average Bonchev–Trinajstić information content (AvgIpc) is 2.51. The Morgan fingerprint density at radius 2 is 2.04 bits per heavy atom. The molecule has 0 bridgehead atoms. The fraction of sp³-hybridized carbons (Fsp3) is 0.556. The van der Waals surface area contributed by atoms with Crippen LogP contribution >= 0.6 is 7.60 Å².